The van der Waals surface area contributed by atoms with Crippen molar-refractivity contribution in [2.75, 3.05) is 66.1 Å². The van der Waals surface area contributed by atoms with Gasteiger partial charge in [0, 0.05) is 19.3 Å². The highest BCUT2D eigenvalue weighted by molar-refractivity contribution is 5.69. The van der Waals surface area contributed by atoms with Crippen molar-refractivity contribution in [2.24, 2.45) is 0 Å². The Labute approximate surface area is 484 Å². The number of aliphatic carboxylic acids is 2. The Balaban J connectivity index is -0.000000310. The summed E-state index contributed by atoms with van der Waals surface area (Å²) >= 11 is 0. The number of carbonyl (C=O) groups excluding carboxylic acids is 1. The highest BCUT2D eigenvalue weighted by Gasteiger charge is 2.07. The average molecular weight is 1130 g/mol. The van der Waals surface area contributed by atoms with Crippen molar-refractivity contribution in [3.05, 3.63) is 36.5 Å². The Hall–Kier alpha value is -2.69. The van der Waals surface area contributed by atoms with Crippen molar-refractivity contribution in [3.63, 3.8) is 0 Å². The van der Waals surface area contributed by atoms with E-state index >= 15 is 0 Å². The molecule has 0 saturated carbocycles. The molecule has 0 heterocycles. The number of carboxylic acid groups (broad SMARTS) is 2. The zero-order valence-corrected chi connectivity index (χ0v) is 51.3. The third-order valence-electron chi connectivity index (χ3n) is 12.5. The second kappa shape index (κ2) is 84.1. The number of esters is 1. The third-order valence-corrected chi connectivity index (χ3v) is 12.5. The number of aliphatic hydroxyl groups excluding tert-OH is 6. The normalized spacial score (nSPS) is 11.4. The molecule has 0 aliphatic heterocycles. The van der Waals surface area contributed by atoms with Crippen LogP contribution in [0.2, 0.25) is 0 Å². The van der Waals surface area contributed by atoms with Crippen molar-refractivity contribution in [3.8, 4) is 0 Å². The Morgan fingerprint density at radius 1 is 0.342 bits per heavy atom. The highest BCUT2D eigenvalue weighted by Crippen LogP contribution is 2.13. The smallest absolute Gasteiger partial charge is 0.305 e. The van der Waals surface area contributed by atoms with E-state index in [0.29, 0.717) is 45.7 Å². The number of aliphatic hydroxyl groups is 6. The van der Waals surface area contributed by atoms with Gasteiger partial charge in [-0.3, -0.25) is 14.4 Å². The SMILES string of the molecule is CCCCCCCC/C=C\CCCCCCCC(=O)O.CCCCCCCC/C=C\CCCCCCCC(=O)O.CCCCCCCC/C=C\CCCCCCCC(=O)OCC(O)CO.OCCOCCO.OCCOCCO. The standard InChI is InChI=1S/C21H40O4.2C18H34O2.2C4H10O3/c1-2-3-4-5-6-7-8-9-10-11-12-13-14-15-16-17-21(24)25-19-20(23)18-22;2*1-2-3-4-5-6-7-8-9-10-11-12-13-14-15-16-17-18(19)20;2*5-1-3-7-4-2-6/h9-10,20,22-23H,2-8,11-19H2,1H3;2*9-10H,2-8,11-17H2,1H3,(H,19,20);2*5-6H,1-4H2/b3*10-9-;;. The Bertz CT molecular complexity index is 1150. The predicted octanol–water partition coefficient (Wildman–Crippen LogP) is 15.1. The topological polar surface area (TPSA) is 241 Å². The van der Waals surface area contributed by atoms with Crippen LogP contribution in [0.4, 0.5) is 0 Å². The van der Waals surface area contributed by atoms with E-state index in [4.69, 9.17) is 45.6 Å². The number of hydrogen-bond acceptors (Lipinski definition) is 12. The Morgan fingerprint density at radius 3 is 0.797 bits per heavy atom. The van der Waals surface area contributed by atoms with Gasteiger partial charge in [-0.25, -0.2) is 0 Å². The number of carbonyl (C=O) groups is 3. The summed E-state index contributed by atoms with van der Waals surface area (Å²) in [5, 5.41) is 67.1. The number of unbranched alkanes of at least 4 members (excludes halogenated alkanes) is 33. The van der Waals surface area contributed by atoms with Gasteiger partial charge in [0.1, 0.15) is 12.7 Å². The molecular weight excluding hydrogens is 1000 g/mol. The fourth-order valence-corrected chi connectivity index (χ4v) is 7.81. The van der Waals surface area contributed by atoms with Gasteiger partial charge in [0.05, 0.1) is 59.5 Å². The van der Waals surface area contributed by atoms with Gasteiger partial charge in [0.15, 0.2) is 0 Å². The molecular formula is C65H128O14. The lowest BCUT2D eigenvalue weighted by molar-refractivity contribution is -0.147. The van der Waals surface area contributed by atoms with E-state index in [0.717, 1.165) is 51.4 Å². The molecule has 14 heteroatoms. The van der Waals surface area contributed by atoms with E-state index in [9.17, 15) is 14.4 Å². The lowest BCUT2D eigenvalue weighted by atomic mass is 10.1. The maximum atomic E-state index is 11.4. The average Bonchev–Trinajstić information content (AvgIpc) is 3.44. The maximum absolute atomic E-state index is 11.4. The van der Waals surface area contributed by atoms with Crippen LogP contribution in [0.5, 0.6) is 0 Å². The van der Waals surface area contributed by atoms with Gasteiger partial charge in [-0.2, -0.15) is 0 Å². The van der Waals surface area contributed by atoms with Gasteiger partial charge < -0.3 is 55.1 Å². The maximum Gasteiger partial charge on any atom is 0.305 e. The molecule has 0 aromatic heterocycles. The molecule has 14 nitrogen and oxygen atoms in total. The number of rotatable bonds is 56. The first kappa shape index (κ1) is 85.1. The Morgan fingerprint density at radius 2 is 0.570 bits per heavy atom. The second-order valence-electron chi connectivity index (χ2n) is 20.4. The van der Waals surface area contributed by atoms with E-state index in [1.54, 1.807) is 0 Å². The summed E-state index contributed by atoms with van der Waals surface area (Å²) in [4.78, 5) is 32.0. The van der Waals surface area contributed by atoms with Gasteiger partial charge in [0.25, 0.3) is 0 Å². The first-order valence-electron chi connectivity index (χ1n) is 32.0. The molecule has 79 heavy (non-hydrogen) atoms. The van der Waals surface area contributed by atoms with Crippen LogP contribution in [0.25, 0.3) is 0 Å². The number of carboxylic acids is 2. The molecule has 0 aromatic carbocycles. The summed E-state index contributed by atoms with van der Waals surface area (Å²) in [6.45, 7) is 7.68. The van der Waals surface area contributed by atoms with Crippen LogP contribution in [-0.4, -0.2) is 131 Å². The van der Waals surface area contributed by atoms with E-state index in [-0.39, 0.29) is 45.6 Å². The lowest BCUT2D eigenvalue weighted by Crippen LogP contribution is -2.21. The van der Waals surface area contributed by atoms with E-state index in [1.807, 2.05) is 0 Å². The summed E-state index contributed by atoms with van der Waals surface area (Å²) in [6.07, 6.45) is 62.6. The van der Waals surface area contributed by atoms with Gasteiger partial charge >= 0.3 is 17.9 Å². The van der Waals surface area contributed by atoms with Crippen LogP contribution in [-0.2, 0) is 28.6 Å². The molecule has 0 saturated heterocycles. The fourth-order valence-electron chi connectivity index (χ4n) is 7.81. The van der Waals surface area contributed by atoms with Gasteiger partial charge in [-0.15, -0.1) is 0 Å². The van der Waals surface area contributed by atoms with Gasteiger partial charge in [-0.1, -0.05) is 211 Å². The molecule has 8 N–H and O–H groups in total. The monoisotopic (exact) mass is 1130 g/mol. The minimum absolute atomic E-state index is 0.0278. The molecule has 0 bridgehead atoms. The minimum atomic E-state index is -0.960. The summed E-state index contributed by atoms with van der Waals surface area (Å²) in [7, 11) is 0. The van der Waals surface area contributed by atoms with E-state index in [1.165, 1.54) is 199 Å². The fraction of sp³-hybridized carbons (Fsp3) is 0.862. The minimum Gasteiger partial charge on any atom is -0.481 e. The van der Waals surface area contributed by atoms with Crippen LogP contribution in [0.3, 0.4) is 0 Å². The van der Waals surface area contributed by atoms with E-state index in [2.05, 4.69) is 66.7 Å². The van der Waals surface area contributed by atoms with Crippen molar-refractivity contribution in [1.82, 2.24) is 0 Å². The number of hydrogen-bond donors (Lipinski definition) is 8. The summed E-state index contributed by atoms with van der Waals surface area (Å²) < 4.78 is 14.1. The molecule has 1 unspecified atom stereocenters. The molecule has 1 atom stereocenters. The van der Waals surface area contributed by atoms with Crippen LogP contribution < -0.4 is 0 Å². The van der Waals surface area contributed by atoms with Gasteiger partial charge in [-0.05, 0) is 96.3 Å². The van der Waals surface area contributed by atoms with Crippen LogP contribution >= 0.6 is 0 Å². The molecule has 0 aliphatic carbocycles. The number of ether oxygens (including phenoxy) is 3. The molecule has 472 valence electrons. The molecule has 0 aromatic rings. The summed E-state index contributed by atoms with van der Waals surface area (Å²) in [5.74, 6) is -1.62. The first-order chi connectivity index (χ1) is 38.6. The molecule has 0 rings (SSSR count). The van der Waals surface area contributed by atoms with Crippen LogP contribution in [0.1, 0.15) is 290 Å². The molecule has 0 aliphatic rings. The van der Waals surface area contributed by atoms with Crippen LogP contribution in [0.15, 0.2) is 36.5 Å². The molecule has 0 radical (unpaired) electrons. The highest BCUT2D eigenvalue weighted by atomic mass is 16.5. The zero-order valence-electron chi connectivity index (χ0n) is 51.3. The van der Waals surface area contributed by atoms with Gasteiger partial charge in [0.2, 0.25) is 0 Å². The lowest BCUT2D eigenvalue weighted by Gasteiger charge is -2.08. The van der Waals surface area contributed by atoms with Crippen molar-refractivity contribution < 1.29 is 69.4 Å². The summed E-state index contributed by atoms with van der Waals surface area (Å²) in [5.41, 5.74) is 0. The molecule has 0 amide bonds. The largest absolute Gasteiger partial charge is 0.481 e. The summed E-state index contributed by atoms with van der Waals surface area (Å²) in [6, 6.07) is 0. The first-order valence-corrected chi connectivity index (χ1v) is 32.0. The molecule has 0 fully saturated rings. The number of allylic oxidation sites excluding steroid dienone is 6. The predicted molar refractivity (Wildman–Crippen MR) is 328 cm³/mol. The molecule has 0 spiro atoms. The van der Waals surface area contributed by atoms with E-state index < -0.39 is 18.0 Å². The zero-order chi connectivity index (χ0) is 59.4. The third kappa shape index (κ3) is 101. The van der Waals surface area contributed by atoms with Crippen molar-refractivity contribution in [1.29, 1.82) is 0 Å². The van der Waals surface area contributed by atoms with Crippen molar-refractivity contribution >= 4 is 17.9 Å². The Kier molecular flexibility index (Phi) is 90.6. The van der Waals surface area contributed by atoms with Crippen LogP contribution in [0, 0.1) is 0 Å². The quantitative estimate of drug-likeness (QED) is 0.0161. The second-order valence-corrected chi connectivity index (χ2v) is 20.4. The van der Waals surface area contributed by atoms with Crippen molar-refractivity contribution in [2.45, 2.75) is 297 Å².